The Labute approximate surface area is 117 Å². The second-order valence-corrected chi connectivity index (χ2v) is 7.02. The maximum absolute atomic E-state index is 11.6. The molecule has 0 saturated carbocycles. The third-order valence-electron chi connectivity index (χ3n) is 3.31. The third kappa shape index (κ3) is 3.54. The molecule has 20 heavy (non-hydrogen) atoms. The summed E-state index contributed by atoms with van der Waals surface area (Å²) in [5.41, 5.74) is 0. The van der Waals surface area contributed by atoms with Crippen LogP contribution in [-0.4, -0.2) is 70.5 Å². The van der Waals surface area contributed by atoms with Gasteiger partial charge in [-0.3, -0.25) is 4.90 Å². The minimum atomic E-state index is -3.24. The van der Waals surface area contributed by atoms with Gasteiger partial charge in [0, 0.05) is 13.0 Å². The maximum Gasteiger partial charge on any atom is 0.226 e. The van der Waals surface area contributed by atoms with Crippen molar-refractivity contribution >= 4 is 9.84 Å². The second-order valence-electron chi connectivity index (χ2n) is 4.86. The number of aromatic nitrogens is 2. The van der Waals surface area contributed by atoms with Crippen molar-refractivity contribution in [1.29, 1.82) is 0 Å². The highest BCUT2D eigenvalue weighted by Crippen LogP contribution is 2.20. The smallest absolute Gasteiger partial charge is 0.226 e. The first-order valence-electron chi connectivity index (χ1n) is 6.50. The lowest BCUT2D eigenvalue weighted by molar-refractivity contribution is 0.0634. The van der Waals surface area contributed by atoms with Gasteiger partial charge >= 0.3 is 0 Å². The summed E-state index contributed by atoms with van der Waals surface area (Å²) in [5, 5.41) is 22.8. The van der Waals surface area contributed by atoms with Gasteiger partial charge < -0.3 is 14.7 Å². The highest BCUT2D eigenvalue weighted by Gasteiger charge is 2.40. The molecule has 8 nitrogen and oxygen atoms in total. The van der Waals surface area contributed by atoms with Crippen molar-refractivity contribution in [2.45, 2.75) is 32.0 Å². The zero-order valence-corrected chi connectivity index (χ0v) is 12.1. The van der Waals surface area contributed by atoms with Gasteiger partial charge in [-0.25, -0.2) is 8.42 Å². The van der Waals surface area contributed by atoms with E-state index in [0.29, 0.717) is 18.1 Å². The molecule has 0 bridgehead atoms. The molecule has 9 heteroatoms. The molecule has 1 aromatic rings. The Morgan fingerprint density at radius 3 is 2.70 bits per heavy atom. The summed E-state index contributed by atoms with van der Waals surface area (Å²) in [6.07, 6.45) is -0.336. The molecular weight excluding hydrogens is 286 g/mol. The van der Waals surface area contributed by atoms with Gasteiger partial charge in [0.05, 0.1) is 36.8 Å². The highest BCUT2D eigenvalue weighted by atomic mass is 32.2. The van der Waals surface area contributed by atoms with Gasteiger partial charge in [-0.1, -0.05) is 12.1 Å². The molecule has 0 spiro atoms. The largest absolute Gasteiger partial charge is 0.395 e. The van der Waals surface area contributed by atoms with Gasteiger partial charge in [0.1, 0.15) is 0 Å². The summed E-state index contributed by atoms with van der Waals surface area (Å²) >= 11 is 0. The Morgan fingerprint density at radius 2 is 2.20 bits per heavy atom. The van der Waals surface area contributed by atoms with Crippen LogP contribution in [0.4, 0.5) is 0 Å². The first-order chi connectivity index (χ1) is 9.45. The molecule has 0 radical (unpaired) electrons. The molecule has 0 unspecified atom stereocenters. The van der Waals surface area contributed by atoms with Crippen molar-refractivity contribution in [3.63, 3.8) is 0 Å². The highest BCUT2D eigenvalue weighted by molar-refractivity contribution is 7.91. The fraction of sp³-hybridized carbons (Fsp3) is 0.818. The molecule has 0 aromatic carbocycles. The van der Waals surface area contributed by atoms with Gasteiger partial charge in [-0.2, -0.15) is 4.98 Å². The number of aliphatic hydroxyl groups is 2. The van der Waals surface area contributed by atoms with Crippen molar-refractivity contribution in [1.82, 2.24) is 15.0 Å². The predicted molar refractivity (Wildman–Crippen MR) is 69.6 cm³/mol. The summed E-state index contributed by atoms with van der Waals surface area (Å²) in [4.78, 5) is 5.83. The minimum Gasteiger partial charge on any atom is -0.395 e. The van der Waals surface area contributed by atoms with Crippen LogP contribution >= 0.6 is 0 Å². The second kappa shape index (κ2) is 6.17. The van der Waals surface area contributed by atoms with Gasteiger partial charge in [-0.05, 0) is 0 Å². The van der Waals surface area contributed by atoms with Crippen molar-refractivity contribution in [2.75, 3.05) is 24.7 Å². The van der Waals surface area contributed by atoms with Crippen LogP contribution in [0.1, 0.15) is 18.6 Å². The van der Waals surface area contributed by atoms with Crippen LogP contribution in [0.2, 0.25) is 0 Å². The number of sulfone groups is 1. The number of hydrogen-bond donors (Lipinski definition) is 2. The summed E-state index contributed by atoms with van der Waals surface area (Å²) in [6, 6.07) is -0.546. The van der Waals surface area contributed by atoms with Crippen molar-refractivity contribution in [3.8, 4) is 0 Å². The summed E-state index contributed by atoms with van der Waals surface area (Å²) < 4.78 is 28.1. The molecule has 1 saturated heterocycles. The molecule has 1 aliphatic heterocycles. The molecule has 2 rings (SSSR count). The van der Waals surface area contributed by atoms with Crippen molar-refractivity contribution < 1.29 is 23.2 Å². The van der Waals surface area contributed by atoms with Gasteiger partial charge in [0.2, 0.25) is 5.89 Å². The average molecular weight is 305 g/mol. The van der Waals surface area contributed by atoms with Crippen LogP contribution in [-0.2, 0) is 22.8 Å². The molecular formula is C11H19N3O5S. The Kier molecular flexibility index (Phi) is 4.74. The monoisotopic (exact) mass is 305 g/mol. The number of aryl methyl sites for hydroxylation is 1. The Hall–Kier alpha value is -1.03. The molecule has 114 valence electrons. The lowest BCUT2D eigenvalue weighted by Crippen LogP contribution is -2.44. The fourth-order valence-electron chi connectivity index (χ4n) is 2.33. The van der Waals surface area contributed by atoms with Crippen LogP contribution in [0.15, 0.2) is 4.52 Å². The molecule has 1 aromatic heterocycles. The Morgan fingerprint density at radius 1 is 1.45 bits per heavy atom. The Balaban J connectivity index is 2.10. The summed E-state index contributed by atoms with van der Waals surface area (Å²) in [5.74, 6) is 0.564. The Bertz CT molecular complexity index is 544. The number of aliphatic hydroxyl groups excluding tert-OH is 2. The SMILES string of the molecule is CCc1nc(CN(CCO)[C@@H]2CS(=O)(=O)C[C@H]2O)no1. The lowest BCUT2D eigenvalue weighted by atomic mass is 10.2. The molecule has 1 fully saturated rings. The summed E-state index contributed by atoms with van der Waals surface area (Å²) in [6.45, 7) is 2.23. The zero-order valence-electron chi connectivity index (χ0n) is 11.3. The fourth-order valence-corrected chi connectivity index (χ4v) is 4.16. The molecule has 0 amide bonds. The van der Waals surface area contributed by atoms with Crippen LogP contribution in [0, 0.1) is 0 Å². The average Bonchev–Trinajstić information content (AvgIpc) is 2.92. The van der Waals surface area contributed by atoms with E-state index in [4.69, 9.17) is 9.63 Å². The predicted octanol–water partition coefficient (Wildman–Crippen LogP) is -1.42. The van der Waals surface area contributed by atoms with E-state index in [-0.39, 0.29) is 31.2 Å². The zero-order chi connectivity index (χ0) is 14.8. The standard InChI is InChI=1S/C11H19N3O5S/c1-2-11-12-10(13-19-11)5-14(3-4-15)8-6-20(17,18)7-9(8)16/h8-9,15-16H,2-7H2,1H3/t8-,9-/m1/s1. The van der Waals surface area contributed by atoms with Gasteiger partial charge in [0.25, 0.3) is 0 Å². The van der Waals surface area contributed by atoms with E-state index < -0.39 is 22.0 Å². The number of rotatable bonds is 6. The third-order valence-corrected chi connectivity index (χ3v) is 5.01. The molecule has 2 atom stereocenters. The molecule has 2 N–H and O–H groups in total. The topological polar surface area (TPSA) is 117 Å². The quantitative estimate of drug-likeness (QED) is 0.658. The first kappa shape index (κ1) is 15.4. The van der Waals surface area contributed by atoms with E-state index in [1.807, 2.05) is 6.92 Å². The van der Waals surface area contributed by atoms with Gasteiger partial charge in [0.15, 0.2) is 15.7 Å². The maximum atomic E-state index is 11.6. The molecule has 2 heterocycles. The van der Waals surface area contributed by atoms with Gasteiger partial charge in [-0.15, -0.1) is 0 Å². The van der Waals surface area contributed by atoms with Crippen molar-refractivity contribution in [3.05, 3.63) is 11.7 Å². The first-order valence-corrected chi connectivity index (χ1v) is 8.32. The van der Waals surface area contributed by atoms with Crippen molar-refractivity contribution in [2.24, 2.45) is 0 Å². The van der Waals surface area contributed by atoms with E-state index in [0.717, 1.165) is 0 Å². The van der Waals surface area contributed by atoms with E-state index >= 15 is 0 Å². The minimum absolute atomic E-state index is 0.118. The number of nitrogens with zero attached hydrogens (tertiary/aromatic N) is 3. The van der Waals surface area contributed by atoms with E-state index in [1.54, 1.807) is 4.90 Å². The normalized spacial score (nSPS) is 25.4. The van der Waals surface area contributed by atoms with E-state index in [9.17, 15) is 13.5 Å². The van der Waals surface area contributed by atoms with E-state index in [2.05, 4.69) is 10.1 Å². The van der Waals surface area contributed by atoms with Crippen LogP contribution in [0.3, 0.4) is 0 Å². The lowest BCUT2D eigenvalue weighted by Gasteiger charge is -2.28. The number of hydrogen-bond acceptors (Lipinski definition) is 8. The van der Waals surface area contributed by atoms with E-state index in [1.165, 1.54) is 0 Å². The van der Waals surface area contributed by atoms with Crippen LogP contribution in [0.25, 0.3) is 0 Å². The van der Waals surface area contributed by atoms with Crippen LogP contribution in [0.5, 0.6) is 0 Å². The molecule has 0 aliphatic carbocycles. The molecule has 1 aliphatic rings. The van der Waals surface area contributed by atoms with Crippen LogP contribution < -0.4 is 0 Å². The summed E-state index contributed by atoms with van der Waals surface area (Å²) in [7, 11) is -3.24.